The number of nitriles is 1. The number of rotatable bonds is 2. The monoisotopic (exact) mass is 230 g/mol. The van der Waals surface area contributed by atoms with Gasteiger partial charge in [-0.2, -0.15) is 5.26 Å². The summed E-state index contributed by atoms with van der Waals surface area (Å²) in [6.07, 6.45) is 1.16. The summed E-state index contributed by atoms with van der Waals surface area (Å²) >= 11 is 0. The summed E-state index contributed by atoms with van der Waals surface area (Å²) in [7, 11) is 4.22. The van der Waals surface area contributed by atoms with Crippen molar-refractivity contribution in [3.63, 3.8) is 0 Å². The van der Waals surface area contributed by atoms with Crippen molar-refractivity contribution >= 4 is 5.82 Å². The highest BCUT2D eigenvalue weighted by atomic mass is 15.3. The molecule has 0 saturated carbocycles. The summed E-state index contributed by atoms with van der Waals surface area (Å²) in [6.45, 7) is 3.93. The fourth-order valence-corrected chi connectivity index (χ4v) is 2.18. The van der Waals surface area contributed by atoms with Crippen LogP contribution in [0.2, 0.25) is 0 Å². The smallest absolute Gasteiger partial charge is 0.145 e. The van der Waals surface area contributed by atoms with E-state index in [1.807, 2.05) is 19.1 Å². The van der Waals surface area contributed by atoms with Crippen LogP contribution < -0.4 is 4.90 Å². The predicted octanol–water partition coefficient (Wildman–Crippen LogP) is 1.40. The molecule has 1 fully saturated rings. The molecule has 90 valence electrons. The second-order valence-electron chi connectivity index (χ2n) is 4.80. The van der Waals surface area contributed by atoms with Gasteiger partial charge >= 0.3 is 0 Å². The van der Waals surface area contributed by atoms with Gasteiger partial charge in [0.2, 0.25) is 0 Å². The zero-order valence-electron chi connectivity index (χ0n) is 10.6. The van der Waals surface area contributed by atoms with Crippen LogP contribution in [0.25, 0.3) is 0 Å². The van der Waals surface area contributed by atoms with Gasteiger partial charge in [0.1, 0.15) is 17.6 Å². The Balaban J connectivity index is 2.17. The average molecular weight is 230 g/mol. The van der Waals surface area contributed by atoms with Crippen LogP contribution in [-0.2, 0) is 0 Å². The van der Waals surface area contributed by atoms with E-state index in [2.05, 4.69) is 34.9 Å². The number of aryl methyl sites for hydroxylation is 1. The number of pyridine rings is 1. The van der Waals surface area contributed by atoms with E-state index in [0.717, 1.165) is 30.9 Å². The van der Waals surface area contributed by atoms with Crippen molar-refractivity contribution in [1.29, 1.82) is 5.26 Å². The summed E-state index contributed by atoms with van der Waals surface area (Å²) < 4.78 is 0. The van der Waals surface area contributed by atoms with E-state index < -0.39 is 0 Å². The molecule has 17 heavy (non-hydrogen) atoms. The fourth-order valence-electron chi connectivity index (χ4n) is 2.18. The quantitative estimate of drug-likeness (QED) is 0.770. The van der Waals surface area contributed by atoms with Crippen LogP contribution in [0.5, 0.6) is 0 Å². The maximum absolute atomic E-state index is 8.99. The number of anilines is 1. The third-order valence-corrected chi connectivity index (χ3v) is 3.41. The van der Waals surface area contributed by atoms with Crippen molar-refractivity contribution in [2.24, 2.45) is 0 Å². The van der Waals surface area contributed by atoms with Crippen LogP contribution in [-0.4, -0.2) is 43.1 Å². The minimum atomic E-state index is 0.538. The largest absolute Gasteiger partial charge is 0.355 e. The number of hydrogen-bond donors (Lipinski definition) is 0. The molecule has 1 aliphatic heterocycles. The molecule has 1 atom stereocenters. The highest BCUT2D eigenvalue weighted by Crippen LogP contribution is 2.21. The van der Waals surface area contributed by atoms with Gasteiger partial charge in [0, 0.05) is 19.1 Å². The molecule has 0 amide bonds. The van der Waals surface area contributed by atoms with Crippen LogP contribution in [0.3, 0.4) is 0 Å². The van der Waals surface area contributed by atoms with Crippen LogP contribution in [0, 0.1) is 18.3 Å². The van der Waals surface area contributed by atoms with Crippen molar-refractivity contribution in [2.75, 3.05) is 32.1 Å². The Morgan fingerprint density at radius 2 is 2.24 bits per heavy atom. The summed E-state index contributed by atoms with van der Waals surface area (Å²) in [5, 5.41) is 8.99. The van der Waals surface area contributed by atoms with Crippen molar-refractivity contribution < 1.29 is 0 Å². The molecule has 4 nitrogen and oxygen atoms in total. The van der Waals surface area contributed by atoms with Gasteiger partial charge in [-0.1, -0.05) is 6.07 Å². The van der Waals surface area contributed by atoms with Crippen molar-refractivity contribution in [2.45, 2.75) is 19.4 Å². The number of aromatic nitrogens is 1. The molecule has 2 rings (SSSR count). The summed E-state index contributed by atoms with van der Waals surface area (Å²) in [4.78, 5) is 8.92. The average Bonchev–Trinajstić information content (AvgIpc) is 2.79. The molecular weight excluding hydrogens is 212 g/mol. The Bertz CT molecular complexity index is 447. The van der Waals surface area contributed by atoms with Gasteiger partial charge in [-0.05, 0) is 39.1 Å². The molecule has 0 N–H and O–H groups in total. The minimum absolute atomic E-state index is 0.538. The molecule has 0 aromatic carbocycles. The molecular formula is C13H18N4. The van der Waals surface area contributed by atoms with E-state index >= 15 is 0 Å². The van der Waals surface area contributed by atoms with E-state index in [9.17, 15) is 0 Å². The predicted molar refractivity (Wildman–Crippen MR) is 68.0 cm³/mol. The zero-order valence-corrected chi connectivity index (χ0v) is 10.6. The Morgan fingerprint density at radius 1 is 1.47 bits per heavy atom. The first-order valence-electron chi connectivity index (χ1n) is 5.91. The van der Waals surface area contributed by atoms with Gasteiger partial charge in [-0.25, -0.2) is 4.98 Å². The third kappa shape index (κ3) is 2.40. The van der Waals surface area contributed by atoms with E-state index in [1.165, 1.54) is 0 Å². The lowest BCUT2D eigenvalue weighted by atomic mass is 10.2. The zero-order chi connectivity index (χ0) is 12.4. The molecule has 1 aliphatic rings. The Hall–Kier alpha value is -1.60. The van der Waals surface area contributed by atoms with Crippen LogP contribution >= 0.6 is 0 Å². The molecule has 0 spiro atoms. The summed E-state index contributed by atoms with van der Waals surface area (Å²) in [5.41, 5.74) is 1.48. The SMILES string of the molecule is Cc1ccc(N2CCC(N(C)C)C2)nc1C#N. The van der Waals surface area contributed by atoms with Crippen LogP contribution in [0.15, 0.2) is 12.1 Å². The second kappa shape index (κ2) is 4.72. The van der Waals surface area contributed by atoms with E-state index in [1.54, 1.807) is 0 Å². The molecule has 1 unspecified atom stereocenters. The Morgan fingerprint density at radius 3 is 2.82 bits per heavy atom. The highest BCUT2D eigenvalue weighted by molar-refractivity contribution is 5.45. The van der Waals surface area contributed by atoms with E-state index in [4.69, 9.17) is 5.26 Å². The maximum atomic E-state index is 8.99. The van der Waals surface area contributed by atoms with Crippen molar-refractivity contribution in [3.05, 3.63) is 23.4 Å². The highest BCUT2D eigenvalue weighted by Gasteiger charge is 2.24. The molecule has 1 aromatic rings. The molecule has 1 saturated heterocycles. The normalized spacial score (nSPS) is 19.7. The molecule has 0 radical (unpaired) electrons. The third-order valence-electron chi connectivity index (χ3n) is 3.41. The molecule has 4 heteroatoms. The summed E-state index contributed by atoms with van der Waals surface area (Å²) in [6, 6.07) is 6.72. The van der Waals surface area contributed by atoms with Crippen LogP contribution in [0.4, 0.5) is 5.82 Å². The number of hydrogen-bond acceptors (Lipinski definition) is 4. The fraction of sp³-hybridized carbons (Fsp3) is 0.538. The molecule has 1 aromatic heterocycles. The summed E-state index contributed by atoms with van der Waals surface area (Å²) in [5.74, 6) is 0.927. The van der Waals surface area contributed by atoms with Crippen molar-refractivity contribution in [3.8, 4) is 6.07 Å². The van der Waals surface area contributed by atoms with Gasteiger partial charge in [0.25, 0.3) is 0 Å². The second-order valence-corrected chi connectivity index (χ2v) is 4.80. The van der Waals surface area contributed by atoms with Gasteiger partial charge < -0.3 is 9.80 Å². The van der Waals surface area contributed by atoms with Crippen LogP contribution in [0.1, 0.15) is 17.7 Å². The minimum Gasteiger partial charge on any atom is -0.355 e. The Kier molecular flexibility index (Phi) is 3.30. The molecule has 2 heterocycles. The van der Waals surface area contributed by atoms with Gasteiger partial charge in [-0.3, -0.25) is 0 Å². The van der Waals surface area contributed by atoms with Crippen molar-refractivity contribution in [1.82, 2.24) is 9.88 Å². The Labute approximate surface area is 102 Å². The number of nitrogens with zero attached hydrogens (tertiary/aromatic N) is 4. The van der Waals surface area contributed by atoms with E-state index in [0.29, 0.717) is 11.7 Å². The molecule has 0 aliphatic carbocycles. The molecule has 0 bridgehead atoms. The lowest BCUT2D eigenvalue weighted by Gasteiger charge is -2.21. The van der Waals surface area contributed by atoms with Gasteiger partial charge in [0.05, 0.1) is 0 Å². The van der Waals surface area contributed by atoms with E-state index in [-0.39, 0.29) is 0 Å². The maximum Gasteiger partial charge on any atom is 0.145 e. The van der Waals surface area contributed by atoms with Gasteiger partial charge in [0.15, 0.2) is 0 Å². The standard InChI is InChI=1S/C13H18N4/c1-10-4-5-13(15-12(10)8-14)17-7-6-11(9-17)16(2)3/h4-5,11H,6-7,9H2,1-3H3. The van der Waals surface area contributed by atoms with Gasteiger partial charge in [-0.15, -0.1) is 0 Å². The first-order chi connectivity index (χ1) is 8.11. The number of likely N-dealkylation sites (N-methyl/N-ethyl adjacent to an activating group) is 1. The lowest BCUT2D eigenvalue weighted by Crippen LogP contribution is -2.31. The topological polar surface area (TPSA) is 43.2 Å². The lowest BCUT2D eigenvalue weighted by molar-refractivity contribution is 0.315. The first kappa shape index (κ1) is 11.9. The first-order valence-corrected chi connectivity index (χ1v) is 5.91.